The van der Waals surface area contributed by atoms with Crippen LogP contribution in [0.15, 0.2) is 18.2 Å². The molecule has 2 heterocycles. The zero-order valence-electron chi connectivity index (χ0n) is 12.1. The maximum atomic E-state index is 5.46. The molecular weight excluding hydrogens is 256 g/mol. The fourth-order valence-electron chi connectivity index (χ4n) is 2.80. The summed E-state index contributed by atoms with van der Waals surface area (Å²) in [6, 6.07) is 6.96. The van der Waals surface area contributed by atoms with E-state index in [1.165, 1.54) is 5.56 Å². The molecule has 2 aliphatic heterocycles. The topological polar surface area (TPSA) is 43.0 Å². The molecule has 0 saturated carbocycles. The fourth-order valence-corrected chi connectivity index (χ4v) is 2.80. The average molecular weight is 278 g/mol. The van der Waals surface area contributed by atoms with Gasteiger partial charge in [-0.15, -0.1) is 0 Å². The fraction of sp³-hybridized carbons (Fsp3) is 0.600. The van der Waals surface area contributed by atoms with Gasteiger partial charge in [0.2, 0.25) is 6.79 Å². The van der Waals surface area contributed by atoms with Crippen LogP contribution in [0.25, 0.3) is 0 Å². The molecule has 2 aliphatic rings. The van der Waals surface area contributed by atoms with Gasteiger partial charge in [-0.05, 0) is 38.2 Å². The highest BCUT2D eigenvalue weighted by Crippen LogP contribution is 2.34. The van der Waals surface area contributed by atoms with Crippen LogP contribution in [0.1, 0.15) is 18.0 Å². The minimum Gasteiger partial charge on any atom is -0.454 e. The van der Waals surface area contributed by atoms with Crippen molar-refractivity contribution < 1.29 is 14.2 Å². The van der Waals surface area contributed by atoms with Crippen LogP contribution in [0.4, 0.5) is 0 Å². The molecule has 2 atom stereocenters. The number of rotatable bonds is 5. The number of fused-ring (bicyclic) bond motifs is 1. The minimum atomic E-state index is 0.273. The van der Waals surface area contributed by atoms with Gasteiger partial charge in [-0.1, -0.05) is 6.07 Å². The lowest BCUT2D eigenvalue weighted by molar-refractivity contribution is 0.153. The molecule has 0 aromatic heterocycles. The number of benzene rings is 1. The van der Waals surface area contributed by atoms with Crippen LogP contribution in [-0.4, -0.2) is 51.6 Å². The SMILES string of the molecule is CNC(CN(C)C1CCOC1)c1ccc2c(c1)OCO2. The molecule has 0 aliphatic carbocycles. The van der Waals surface area contributed by atoms with Crippen LogP contribution in [-0.2, 0) is 4.74 Å². The third-order valence-electron chi connectivity index (χ3n) is 4.15. The van der Waals surface area contributed by atoms with Gasteiger partial charge in [-0.3, -0.25) is 4.90 Å². The molecule has 110 valence electrons. The molecule has 0 spiro atoms. The summed E-state index contributed by atoms with van der Waals surface area (Å²) in [6.45, 7) is 2.99. The van der Waals surface area contributed by atoms with Gasteiger partial charge in [-0.25, -0.2) is 0 Å². The Bertz CT molecular complexity index is 460. The van der Waals surface area contributed by atoms with E-state index in [1.807, 2.05) is 13.1 Å². The van der Waals surface area contributed by atoms with E-state index in [1.54, 1.807) is 0 Å². The van der Waals surface area contributed by atoms with E-state index < -0.39 is 0 Å². The van der Waals surface area contributed by atoms with Crippen molar-refractivity contribution in [3.05, 3.63) is 23.8 Å². The Morgan fingerprint density at radius 3 is 2.95 bits per heavy atom. The molecule has 0 bridgehead atoms. The van der Waals surface area contributed by atoms with Crippen LogP contribution >= 0.6 is 0 Å². The lowest BCUT2D eigenvalue weighted by Crippen LogP contribution is -2.38. The summed E-state index contributed by atoms with van der Waals surface area (Å²) >= 11 is 0. The lowest BCUT2D eigenvalue weighted by atomic mass is 10.0. The number of hydrogen-bond acceptors (Lipinski definition) is 5. The van der Waals surface area contributed by atoms with E-state index in [-0.39, 0.29) is 6.04 Å². The quantitative estimate of drug-likeness (QED) is 0.882. The van der Waals surface area contributed by atoms with Crippen molar-refractivity contribution in [2.75, 3.05) is 40.6 Å². The van der Waals surface area contributed by atoms with E-state index in [0.717, 1.165) is 37.7 Å². The molecule has 0 radical (unpaired) electrons. The van der Waals surface area contributed by atoms with E-state index in [2.05, 4.69) is 29.4 Å². The van der Waals surface area contributed by atoms with Crippen LogP contribution in [0.5, 0.6) is 11.5 Å². The first-order valence-corrected chi connectivity index (χ1v) is 7.12. The number of ether oxygens (including phenoxy) is 3. The second kappa shape index (κ2) is 5.99. The molecule has 1 aromatic carbocycles. The molecule has 2 unspecified atom stereocenters. The molecule has 5 nitrogen and oxygen atoms in total. The molecule has 1 fully saturated rings. The summed E-state index contributed by atoms with van der Waals surface area (Å²) in [5, 5.41) is 3.39. The van der Waals surface area contributed by atoms with Crippen LogP contribution < -0.4 is 14.8 Å². The van der Waals surface area contributed by atoms with Gasteiger partial charge in [0.1, 0.15) is 0 Å². The summed E-state index contributed by atoms with van der Waals surface area (Å²) in [6.07, 6.45) is 1.12. The molecule has 1 saturated heterocycles. The molecule has 20 heavy (non-hydrogen) atoms. The zero-order valence-corrected chi connectivity index (χ0v) is 12.1. The van der Waals surface area contributed by atoms with Crippen molar-refractivity contribution in [3.8, 4) is 11.5 Å². The third kappa shape index (κ3) is 2.75. The molecule has 5 heteroatoms. The molecule has 1 aromatic rings. The molecule has 3 rings (SSSR count). The van der Waals surface area contributed by atoms with Gasteiger partial charge < -0.3 is 19.5 Å². The number of nitrogens with one attached hydrogen (secondary N) is 1. The Morgan fingerprint density at radius 2 is 2.20 bits per heavy atom. The zero-order chi connectivity index (χ0) is 13.9. The first kappa shape index (κ1) is 13.7. The molecule has 1 N–H and O–H groups in total. The average Bonchev–Trinajstić information content (AvgIpc) is 3.14. The Hall–Kier alpha value is -1.30. The van der Waals surface area contributed by atoms with Crippen molar-refractivity contribution >= 4 is 0 Å². The number of likely N-dealkylation sites (N-methyl/N-ethyl adjacent to an activating group) is 2. The van der Waals surface area contributed by atoms with Gasteiger partial charge in [0.25, 0.3) is 0 Å². The van der Waals surface area contributed by atoms with Crippen molar-refractivity contribution in [1.29, 1.82) is 0 Å². The first-order valence-electron chi connectivity index (χ1n) is 7.12. The summed E-state index contributed by atoms with van der Waals surface area (Å²) in [5.41, 5.74) is 1.22. The van der Waals surface area contributed by atoms with Crippen molar-refractivity contribution in [2.45, 2.75) is 18.5 Å². The van der Waals surface area contributed by atoms with Gasteiger partial charge in [0.15, 0.2) is 11.5 Å². The van der Waals surface area contributed by atoms with Gasteiger partial charge >= 0.3 is 0 Å². The standard InChI is InChI=1S/C15H22N2O3/c1-16-13(8-17(2)12-5-6-18-9-12)11-3-4-14-15(7-11)20-10-19-14/h3-4,7,12-13,16H,5-6,8-10H2,1-2H3. The van der Waals surface area contributed by atoms with Gasteiger partial charge in [0, 0.05) is 25.2 Å². The van der Waals surface area contributed by atoms with Crippen molar-refractivity contribution in [3.63, 3.8) is 0 Å². The van der Waals surface area contributed by atoms with Crippen LogP contribution in [0.2, 0.25) is 0 Å². The predicted molar refractivity (Wildman–Crippen MR) is 76.2 cm³/mol. The summed E-state index contributed by atoms with van der Waals surface area (Å²) < 4.78 is 16.3. The van der Waals surface area contributed by atoms with Crippen molar-refractivity contribution in [2.24, 2.45) is 0 Å². The predicted octanol–water partition coefficient (Wildman–Crippen LogP) is 1.40. The van der Waals surface area contributed by atoms with E-state index in [9.17, 15) is 0 Å². The van der Waals surface area contributed by atoms with E-state index in [4.69, 9.17) is 14.2 Å². The maximum absolute atomic E-state index is 5.46. The lowest BCUT2D eigenvalue weighted by Gasteiger charge is -2.28. The number of hydrogen-bond donors (Lipinski definition) is 1. The van der Waals surface area contributed by atoms with Crippen LogP contribution in [0.3, 0.4) is 0 Å². The smallest absolute Gasteiger partial charge is 0.231 e. The largest absolute Gasteiger partial charge is 0.454 e. The van der Waals surface area contributed by atoms with Crippen molar-refractivity contribution in [1.82, 2.24) is 10.2 Å². The van der Waals surface area contributed by atoms with Crippen LogP contribution in [0, 0.1) is 0 Å². The summed E-state index contributed by atoms with van der Waals surface area (Å²) in [5.74, 6) is 1.68. The number of nitrogens with zero attached hydrogens (tertiary/aromatic N) is 1. The van der Waals surface area contributed by atoms with E-state index >= 15 is 0 Å². The highest BCUT2D eigenvalue weighted by molar-refractivity contribution is 5.45. The maximum Gasteiger partial charge on any atom is 0.231 e. The Kier molecular flexibility index (Phi) is 4.10. The highest BCUT2D eigenvalue weighted by Gasteiger charge is 2.24. The second-order valence-electron chi connectivity index (χ2n) is 5.41. The normalized spacial score (nSPS) is 22.4. The summed E-state index contributed by atoms with van der Waals surface area (Å²) in [7, 11) is 4.16. The second-order valence-corrected chi connectivity index (χ2v) is 5.41. The monoisotopic (exact) mass is 278 g/mol. The Labute approximate surface area is 119 Å². The molecular formula is C15H22N2O3. The van der Waals surface area contributed by atoms with Gasteiger partial charge in [0.05, 0.1) is 6.61 Å². The third-order valence-corrected chi connectivity index (χ3v) is 4.15. The first-order chi connectivity index (χ1) is 9.78. The van der Waals surface area contributed by atoms with Gasteiger partial charge in [-0.2, -0.15) is 0 Å². The Balaban J connectivity index is 1.69. The minimum absolute atomic E-state index is 0.273. The highest BCUT2D eigenvalue weighted by atomic mass is 16.7. The summed E-state index contributed by atoms with van der Waals surface area (Å²) in [4.78, 5) is 2.37. The molecule has 0 amide bonds. The van der Waals surface area contributed by atoms with E-state index in [0.29, 0.717) is 12.8 Å². The Morgan fingerprint density at radius 1 is 1.35 bits per heavy atom.